The number of rotatable bonds is 9. The molecule has 38 heavy (non-hydrogen) atoms. The summed E-state index contributed by atoms with van der Waals surface area (Å²) >= 11 is 0. The minimum absolute atomic E-state index is 0.0519. The standard InChI is InChI=1S/C26H23F3N4O5/c1-4-37-18-7-5-6-15(12-18)20-13-16(8-11-21(20)38-26(27,28)29)30-32-24-23(31-33-25(24)34)19-10-9-17(35-2)14-22(19)36-3/h5-14H,4H2,1-3H3,(H2,31,33,34). The lowest BCUT2D eigenvalue weighted by molar-refractivity contribution is -0.274. The van der Waals surface area contributed by atoms with Gasteiger partial charge in [-0.1, -0.05) is 12.1 Å². The number of benzene rings is 3. The van der Waals surface area contributed by atoms with E-state index in [2.05, 4.69) is 25.2 Å². The molecule has 0 bridgehead atoms. The number of hydrogen-bond donors (Lipinski definition) is 2. The van der Waals surface area contributed by atoms with Gasteiger partial charge in [0.2, 0.25) is 0 Å². The molecule has 9 nitrogen and oxygen atoms in total. The number of nitrogens with zero attached hydrogens (tertiary/aromatic N) is 2. The van der Waals surface area contributed by atoms with Gasteiger partial charge in [-0.25, -0.2) is 0 Å². The molecule has 0 spiro atoms. The van der Waals surface area contributed by atoms with Crippen molar-refractivity contribution < 1.29 is 32.1 Å². The fourth-order valence-electron chi connectivity index (χ4n) is 3.69. The molecule has 0 saturated heterocycles. The number of H-pyrrole nitrogens is 2. The Morgan fingerprint density at radius 2 is 1.66 bits per heavy atom. The quantitative estimate of drug-likeness (QED) is 0.233. The van der Waals surface area contributed by atoms with Gasteiger partial charge in [0.15, 0.2) is 5.69 Å². The van der Waals surface area contributed by atoms with Crippen LogP contribution in [0.25, 0.3) is 22.4 Å². The molecule has 198 valence electrons. The first-order chi connectivity index (χ1) is 18.2. The Balaban J connectivity index is 1.75. The molecule has 0 aliphatic carbocycles. The van der Waals surface area contributed by atoms with Crippen LogP contribution in [0.3, 0.4) is 0 Å². The van der Waals surface area contributed by atoms with Crippen molar-refractivity contribution in [2.24, 2.45) is 10.2 Å². The minimum atomic E-state index is -4.90. The topological polar surface area (TPSA) is 110 Å². The van der Waals surface area contributed by atoms with E-state index < -0.39 is 17.7 Å². The average Bonchev–Trinajstić information content (AvgIpc) is 3.27. The second kappa shape index (κ2) is 11.1. The Morgan fingerprint density at radius 1 is 0.842 bits per heavy atom. The number of halogens is 3. The monoisotopic (exact) mass is 528 g/mol. The highest BCUT2D eigenvalue weighted by atomic mass is 19.4. The van der Waals surface area contributed by atoms with Gasteiger partial charge in [-0.05, 0) is 55.0 Å². The number of alkyl halides is 3. The van der Waals surface area contributed by atoms with Crippen molar-refractivity contribution in [2.45, 2.75) is 13.3 Å². The van der Waals surface area contributed by atoms with E-state index in [9.17, 15) is 18.0 Å². The summed E-state index contributed by atoms with van der Waals surface area (Å²) < 4.78 is 59.6. The molecule has 0 atom stereocenters. The summed E-state index contributed by atoms with van der Waals surface area (Å²) in [4.78, 5) is 12.5. The van der Waals surface area contributed by atoms with E-state index in [1.54, 1.807) is 49.4 Å². The van der Waals surface area contributed by atoms with Crippen molar-refractivity contribution in [2.75, 3.05) is 20.8 Å². The van der Waals surface area contributed by atoms with Crippen molar-refractivity contribution in [1.29, 1.82) is 0 Å². The van der Waals surface area contributed by atoms with Crippen LogP contribution in [0.2, 0.25) is 0 Å². The van der Waals surface area contributed by atoms with Gasteiger partial charge in [0.05, 0.1) is 32.2 Å². The molecule has 0 radical (unpaired) electrons. The Labute approximate surface area is 214 Å². The molecule has 0 unspecified atom stereocenters. The van der Waals surface area contributed by atoms with Crippen LogP contribution in [0, 0.1) is 0 Å². The first-order valence-corrected chi connectivity index (χ1v) is 11.3. The molecule has 1 aromatic heterocycles. The van der Waals surface area contributed by atoms with Crippen LogP contribution in [0.5, 0.6) is 23.0 Å². The van der Waals surface area contributed by atoms with Gasteiger partial charge in [-0.15, -0.1) is 18.3 Å². The lowest BCUT2D eigenvalue weighted by Crippen LogP contribution is -2.17. The zero-order valence-corrected chi connectivity index (χ0v) is 20.6. The summed E-state index contributed by atoms with van der Waals surface area (Å²) in [7, 11) is 2.98. The first kappa shape index (κ1) is 26.3. The zero-order valence-electron chi connectivity index (χ0n) is 20.6. The van der Waals surface area contributed by atoms with Crippen LogP contribution < -0.4 is 24.5 Å². The molecular weight excluding hydrogens is 505 g/mol. The summed E-state index contributed by atoms with van der Waals surface area (Å²) in [6, 6.07) is 15.4. The Bertz CT molecular complexity index is 1510. The zero-order chi connectivity index (χ0) is 27.3. The third kappa shape index (κ3) is 5.97. The van der Waals surface area contributed by atoms with Crippen LogP contribution in [0.15, 0.2) is 75.7 Å². The van der Waals surface area contributed by atoms with Crippen molar-refractivity contribution in [3.05, 3.63) is 71.0 Å². The third-order valence-electron chi connectivity index (χ3n) is 5.34. The predicted molar refractivity (Wildman–Crippen MR) is 134 cm³/mol. The Hall–Kier alpha value is -4.74. The molecule has 1 heterocycles. The van der Waals surface area contributed by atoms with Crippen LogP contribution in [-0.4, -0.2) is 37.4 Å². The number of ether oxygens (including phenoxy) is 4. The summed E-state index contributed by atoms with van der Waals surface area (Å²) in [6.07, 6.45) is -4.90. The molecule has 3 aromatic carbocycles. The summed E-state index contributed by atoms with van der Waals surface area (Å²) in [6.45, 7) is 2.18. The summed E-state index contributed by atoms with van der Waals surface area (Å²) in [5, 5.41) is 13.4. The lowest BCUT2D eigenvalue weighted by Gasteiger charge is -2.14. The second-order valence-electron chi connectivity index (χ2n) is 7.76. The van der Waals surface area contributed by atoms with Gasteiger partial charge in [0.1, 0.15) is 23.0 Å². The van der Waals surface area contributed by atoms with E-state index in [0.29, 0.717) is 40.7 Å². The molecule has 4 aromatic rings. The van der Waals surface area contributed by atoms with E-state index in [1.165, 1.54) is 26.4 Å². The van der Waals surface area contributed by atoms with Gasteiger partial charge in [-0.3, -0.25) is 15.0 Å². The minimum Gasteiger partial charge on any atom is -0.497 e. The van der Waals surface area contributed by atoms with Crippen molar-refractivity contribution in [3.63, 3.8) is 0 Å². The lowest BCUT2D eigenvalue weighted by atomic mass is 10.0. The molecule has 0 amide bonds. The Kier molecular flexibility index (Phi) is 7.70. The number of hydrogen-bond acceptors (Lipinski definition) is 7. The van der Waals surface area contributed by atoms with E-state index >= 15 is 0 Å². The highest BCUT2D eigenvalue weighted by Gasteiger charge is 2.32. The first-order valence-electron chi connectivity index (χ1n) is 11.3. The largest absolute Gasteiger partial charge is 0.573 e. The molecule has 12 heteroatoms. The van der Waals surface area contributed by atoms with Crippen molar-refractivity contribution in [1.82, 2.24) is 10.2 Å². The number of aromatic nitrogens is 2. The highest BCUT2D eigenvalue weighted by Crippen LogP contribution is 2.39. The molecule has 0 saturated carbocycles. The summed E-state index contributed by atoms with van der Waals surface area (Å²) in [5.74, 6) is 1.02. The van der Waals surface area contributed by atoms with Crippen LogP contribution in [0.4, 0.5) is 24.5 Å². The molecule has 2 N–H and O–H groups in total. The normalized spacial score (nSPS) is 11.5. The van der Waals surface area contributed by atoms with Crippen LogP contribution >= 0.6 is 0 Å². The van der Waals surface area contributed by atoms with E-state index in [1.807, 2.05) is 0 Å². The number of methoxy groups -OCH3 is 2. The van der Waals surface area contributed by atoms with E-state index in [0.717, 1.165) is 6.07 Å². The second-order valence-corrected chi connectivity index (χ2v) is 7.76. The van der Waals surface area contributed by atoms with Gasteiger partial charge in [0.25, 0.3) is 5.56 Å². The van der Waals surface area contributed by atoms with E-state index in [4.69, 9.17) is 14.2 Å². The summed E-state index contributed by atoms with van der Waals surface area (Å²) in [5.41, 5.74) is 0.926. The maximum absolute atomic E-state index is 13.1. The Morgan fingerprint density at radius 3 is 2.37 bits per heavy atom. The highest BCUT2D eigenvalue weighted by molar-refractivity contribution is 5.77. The molecule has 0 aliphatic heterocycles. The van der Waals surface area contributed by atoms with Gasteiger partial charge in [-0.2, -0.15) is 5.11 Å². The smallest absolute Gasteiger partial charge is 0.497 e. The predicted octanol–water partition coefficient (Wildman–Crippen LogP) is 6.77. The van der Waals surface area contributed by atoms with Crippen molar-refractivity contribution in [3.8, 4) is 45.4 Å². The number of aromatic amines is 2. The van der Waals surface area contributed by atoms with Crippen LogP contribution in [0.1, 0.15) is 6.92 Å². The van der Waals surface area contributed by atoms with Crippen LogP contribution in [-0.2, 0) is 0 Å². The number of azo groups is 1. The van der Waals surface area contributed by atoms with Gasteiger partial charge < -0.3 is 18.9 Å². The third-order valence-corrected chi connectivity index (χ3v) is 5.34. The maximum Gasteiger partial charge on any atom is 0.573 e. The maximum atomic E-state index is 13.1. The fourth-order valence-corrected chi connectivity index (χ4v) is 3.69. The SMILES string of the molecule is CCOc1cccc(-c2cc(N=Nc3c(-c4ccc(OC)cc4OC)[nH][nH]c3=O)ccc2OC(F)(F)F)c1. The van der Waals surface area contributed by atoms with Crippen molar-refractivity contribution >= 4 is 11.4 Å². The number of nitrogens with one attached hydrogen (secondary N) is 2. The molecular formula is C26H23F3N4O5. The fraction of sp³-hybridized carbons (Fsp3) is 0.192. The molecule has 0 aliphatic rings. The average molecular weight is 528 g/mol. The van der Waals surface area contributed by atoms with Gasteiger partial charge >= 0.3 is 6.36 Å². The molecule has 4 rings (SSSR count). The van der Waals surface area contributed by atoms with Gasteiger partial charge in [0, 0.05) is 17.2 Å². The van der Waals surface area contributed by atoms with E-state index in [-0.39, 0.29) is 16.9 Å². The molecule has 0 fully saturated rings.